The van der Waals surface area contributed by atoms with E-state index in [2.05, 4.69) is 10.1 Å². The number of rotatable bonds is 4. The number of ether oxygens (including phenoxy) is 1. The standard InChI is InChI=1S/C13H16ClN3O2/c1-13(2,18-3)12-16-11(19-17-12)10(15)8-6-4-5-7-9(8)14/h4-7,10H,15H2,1-3H3/t10-/m1/s1. The summed E-state index contributed by atoms with van der Waals surface area (Å²) >= 11 is 6.10. The molecule has 0 radical (unpaired) electrons. The molecule has 5 nitrogen and oxygen atoms in total. The molecule has 0 saturated heterocycles. The lowest BCUT2D eigenvalue weighted by molar-refractivity contribution is 0.00973. The highest BCUT2D eigenvalue weighted by molar-refractivity contribution is 6.31. The summed E-state index contributed by atoms with van der Waals surface area (Å²) in [6.07, 6.45) is 0. The minimum absolute atomic E-state index is 0.313. The van der Waals surface area contributed by atoms with Crippen molar-refractivity contribution in [3.63, 3.8) is 0 Å². The van der Waals surface area contributed by atoms with E-state index in [0.717, 1.165) is 5.56 Å². The van der Waals surface area contributed by atoms with Crippen LogP contribution in [0, 0.1) is 0 Å². The van der Waals surface area contributed by atoms with Crippen molar-refractivity contribution in [1.29, 1.82) is 0 Å². The first-order valence-electron chi connectivity index (χ1n) is 5.85. The molecule has 2 aromatic rings. The normalized spacial score (nSPS) is 13.5. The van der Waals surface area contributed by atoms with E-state index in [1.165, 1.54) is 0 Å². The van der Waals surface area contributed by atoms with Gasteiger partial charge < -0.3 is 15.0 Å². The molecule has 6 heteroatoms. The van der Waals surface area contributed by atoms with E-state index in [0.29, 0.717) is 16.7 Å². The zero-order chi connectivity index (χ0) is 14.0. The molecule has 0 amide bonds. The summed E-state index contributed by atoms with van der Waals surface area (Å²) in [5, 5.41) is 4.47. The lowest BCUT2D eigenvalue weighted by Crippen LogP contribution is -2.21. The van der Waals surface area contributed by atoms with Gasteiger partial charge in [-0.05, 0) is 25.5 Å². The third kappa shape index (κ3) is 2.78. The fourth-order valence-electron chi connectivity index (χ4n) is 1.56. The Balaban J connectivity index is 2.31. The van der Waals surface area contributed by atoms with Crippen LogP contribution in [0.1, 0.15) is 37.2 Å². The van der Waals surface area contributed by atoms with Crippen LogP contribution in [0.4, 0.5) is 0 Å². The number of benzene rings is 1. The van der Waals surface area contributed by atoms with Crippen LogP contribution in [0.2, 0.25) is 5.02 Å². The molecule has 102 valence electrons. The van der Waals surface area contributed by atoms with Gasteiger partial charge in [0.05, 0.1) is 0 Å². The van der Waals surface area contributed by atoms with Crippen LogP contribution in [-0.2, 0) is 10.3 Å². The Morgan fingerprint density at radius 3 is 2.68 bits per heavy atom. The predicted molar refractivity (Wildman–Crippen MR) is 71.8 cm³/mol. The van der Waals surface area contributed by atoms with Crippen LogP contribution in [0.15, 0.2) is 28.8 Å². The van der Waals surface area contributed by atoms with Crippen molar-refractivity contribution >= 4 is 11.6 Å². The van der Waals surface area contributed by atoms with Gasteiger partial charge in [-0.25, -0.2) is 0 Å². The van der Waals surface area contributed by atoms with Crippen LogP contribution >= 0.6 is 11.6 Å². The molecule has 1 aromatic carbocycles. The van der Waals surface area contributed by atoms with Gasteiger partial charge in [-0.3, -0.25) is 0 Å². The maximum atomic E-state index is 6.10. The van der Waals surface area contributed by atoms with Gasteiger partial charge in [-0.2, -0.15) is 4.98 Å². The number of methoxy groups -OCH3 is 1. The van der Waals surface area contributed by atoms with Crippen LogP contribution in [-0.4, -0.2) is 17.3 Å². The Labute approximate surface area is 116 Å². The second kappa shape index (κ2) is 5.28. The van der Waals surface area contributed by atoms with Crippen molar-refractivity contribution in [2.75, 3.05) is 7.11 Å². The van der Waals surface area contributed by atoms with Crippen molar-refractivity contribution in [2.24, 2.45) is 5.73 Å². The van der Waals surface area contributed by atoms with Gasteiger partial charge in [-0.15, -0.1) is 0 Å². The second-order valence-corrected chi connectivity index (χ2v) is 5.08. The highest BCUT2D eigenvalue weighted by Gasteiger charge is 2.28. The Kier molecular flexibility index (Phi) is 3.89. The van der Waals surface area contributed by atoms with Crippen molar-refractivity contribution in [1.82, 2.24) is 10.1 Å². The van der Waals surface area contributed by atoms with E-state index >= 15 is 0 Å². The van der Waals surface area contributed by atoms with Gasteiger partial charge >= 0.3 is 0 Å². The maximum absolute atomic E-state index is 6.10. The summed E-state index contributed by atoms with van der Waals surface area (Å²) in [7, 11) is 1.59. The number of hydrogen-bond donors (Lipinski definition) is 1. The summed E-state index contributed by atoms with van der Waals surface area (Å²) in [4.78, 5) is 4.28. The van der Waals surface area contributed by atoms with Gasteiger partial charge in [0.25, 0.3) is 0 Å². The van der Waals surface area contributed by atoms with E-state index < -0.39 is 11.6 Å². The first-order chi connectivity index (χ1) is 8.95. The summed E-state index contributed by atoms with van der Waals surface area (Å²) in [6, 6.07) is 6.75. The zero-order valence-corrected chi connectivity index (χ0v) is 11.8. The van der Waals surface area contributed by atoms with Crippen molar-refractivity contribution in [3.05, 3.63) is 46.6 Å². The summed E-state index contributed by atoms with van der Waals surface area (Å²) in [5.74, 6) is 0.765. The molecule has 0 bridgehead atoms. The van der Waals surface area contributed by atoms with Gasteiger partial charge in [0.1, 0.15) is 11.6 Å². The van der Waals surface area contributed by atoms with Gasteiger partial charge in [0.2, 0.25) is 11.7 Å². The van der Waals surface area contributed by atoms with Crippen molar-refractivity contribution in [2.45, 2.75) is 25.5 Å². The van der Waals surface area contributed by atoms with Crippen LogP contribution < -0.4 is 5.73 Å². The minimum Gasteiger partial charge on any atom is -0.371 e. The molecule has 0 unspecified atom stereocenters. The molecule has 19 heavy (non-hydrogen) atoms. The Bertz CT molecular complexity index is 569. The monoisotopic (exact) mass is 281 g/mol. The summed E-state index contributed by atoms with van der Waals surface area (Å²) in [5.41, 5.74) is 6.22. The van der Waals surface area contributed by atoms with E-state index in [4.69, 9.17) is 26.6 Å². The summed E-state index contributed by atoms with van der Waals surface area (Å²) < 4.78 is 10.5. The Morgan fingerprint density at radius 1 is 1.37 bits per heavy atom. The van der Waals surface area contributed by atoms with Crippen LogP contribution in [0.5, 0.6) is 0 Å². The van der Waals surface area contributed by atoms with E-state index in [-0.39, 0.29) is 0 Å². The fraction of sp³-hybridized carbons (Fsp3) is 0.385. The third-order valence-electron chi connectivity index (χ3n) is 3.00. The number of halogens is 1. The van der Waals surface area contributed by atoms with Crippen LogP contribution in [0.3, 0.4) is 0 Å². The topological polar surface area (TPSA) is 74.2 Å². The van der Waals surface area contributed by atoms with E-state index in [9.17, 15) is 0 Å². The molecule has 1 heterocycles. The molecule has 1 atom stereocenters. The molecule has 0 spiro atoms. The lowest BCUT2D eigenvalue weighted by Gasteiger charge is -2.17. The van der Waals surface area contributed by atoms with Crippen molar-refractivity contribution < 1.29 is 9.26 Å². The van der Waals surface area contributed by atoms with Crippen LogP contribution in [0.25, 0.3) is 0 Å². The number of nitrogens with zero attached hydrogens (tertiary/aromatic N) is 2. The molecular weight excluding hydrogens is 266 g/mol. The number of aromatic nitrogens is 2. The van der Waals surface area contributed by atoms with E-state index in [1.54, 1.807) is 13.2 Å². The molecule has 0 aliphatic carbocycles. The largest absolute Gasteiger partial charge is 0.371 e. The zero-order valence-electron chi connectivity index (χ0n) is 11.1. The number of nitrogens with two attached hydrogens (primary N) is 1. The molecule has 1 aromatic heterocycles. The molecule has 2 N–H and O–H groups in total. The molecular formula is C13H16ClN3O2. The quantitative estimate of drug-likeness (QED) is 0.932. The first-order valence-corrected chi connectivity index (χ1v) is 6.22. The second-order valence-electron chi connectivity index (χ2n) is 4.67. The highest BCUT2D eigenvalue weighted by atomic mass is 35.5. The van der Waals surface area contributed by atoms with E-state index in [1.807, 2.05) is 32.0 Å². The molecule has 0 saturated carbocycles. The third-order valence-corrected chi connectivity index (χ3v) is 3.34. The average molecular weight is 282 g/mol. The molecule has 0 fully saturated rings. The molecule has 0 aliphatic rings. The summed E-state index contributed by atoms with van der Waals surface area (Å²) in [6.45, 7) is 3.70. The van der Waals surface area contributed by atoms with Gasteiger partial charge in [0.15, 0.2) is 0 Å². The minimum atomic E-state index is -0.623. The predicted octanol–water partition coefficient (Wildman–Crippen LogP) is 2.65. The van der Waals surface area contributed by atoms with Gasteiger partial charge in [-0.1, -0.05) is 35.0 Å². The highest BCUT2D eigenvalue weighted by Crippen LogP contribution is 2.27. The first kappa shape index (κ1) is 14.0. The van der Waals surface area contributed by atoms with Crippen molar-refractivity contribution in [3.8, 4) is 0 Å². The Hall–Kier alpha value is -1.43. The SMILES string of the molecule is COC(C)(C)c1noc([C@H](N)c2ccccc2Cl)n1. The van der Waals surface area contributed by atoms with Gasteiger partial charge in [0, 0.05) is 12.1 Å². The maximum Gasteiger partial charge on any atom is 0.248 e. The average Bonchev–Trinajstić information content (AvgIpc) is 2.89. The fourth-order valence-corrected chi connectivity index (χ4v) is 1.81. The number of hydrogen-bond acceptors (Lipinski definition) is 5. The lowest BCUT2D eigenvalue weighted by atomic mass is 10.1. The molecule has 2 rings (SSSR count). The smallest absolute Gasteiger partial charge is 0.248 e. The Morgan fingerprint density at radius 2 is 2.05 bits per heavy atom. The molecule has 0 aliphatic heterocycles.